The number of ether oxygens (including phenoxy) is 1. The van der Waals surface area contributed by atoms with Crippen molar-refractivity contribution >= 4 is 11.6 Å². The minimum absolute atomic E-state index is 0.425. The van der Waals surface area contributed by atoms with Gasteiger partial charge in [0.2, 0.25) is 0 Å². The van der Waals surface area contributed by atoms with Crippen LogP contribution in [0.4, 0.5) is 0 Å². The average Bonchev–Trinajstić information content (AvgIpc) is 2.88. The van der Waals surface area contributed by atoms with Crippen LogP contribution >= 0.6 is 11.6 Å². The maximum absolute atomic E-state index is 10.4. The molecular weight excluding hydrogens is 312 g/mol. The first-order valence-corrected chi connectivity index (χ1v) is 8.53. The van der Waals surface area contributed by atoms with Gasteiger partial charge in [0.05, 0.1) is 24.3 Å². The molecule has 1 aliphatic heterocycles. The number of hydrogen-bond acceptors (Lipinski definition) is 4. The molecule has 128 valence electrons. The smallest absolute Gasteiger partial charge is 0.0992 e. The number of methoxy groups -OCH3 is 1. The van der Waals surface area contributed by atoms with Crippen LogP contribution in [-0.4, -0.2) is 42.9 Å². The van der Waals surface area contributed by atoms with Crippen molar-refractivity contribution in [2.24, 2.45) is 5.92 Å². The van der Waals surface area contributed by atoms with E-state index in [0.717, 1.165) is 19.6 Å². The second kappa shape index (κ2) is 9.89. The summed E-state index contributed by atoms with van der Waals surface area (Å²) in [4.78, 5) is 2.27. The predicted molar refractivity (Wildman–Crippen MR) is 93.5 cm³/mol. The van der Waals surface area contributed by atoms with Gasteiger partial charge in [-0.1, -0.05) is 25.4 Å². The maximum atomic E-state index is 10.4. The molecule has 1 fully saturated rings. The Balaban J connectivity index is 0.00000127. The number of nitriles is 1. The molecule has 0 bridgehead atoms. The largest absolute Gasteiger partial charge is 0.387 e. The van der Waals surface area contributed by atoms with Crippen LogP contribution in [0.25, 0.3) is 0 Å². The van der Waals surface area contributed by atoms with Gasteiger partial charge in [-0.2, -0.15) is 5.26 Å². The van der Waals surface area contributed by atoms with E-state index in [0.29, 0.717) is 34.7 Å². The number of likely N-dealkylation sites (tertiary alicyclic amines) is 1. The lowest BCUT2D eigenvalue weighted by Gasteiger charge is -2.24. The molecule has 0 aromatic heterocycles. The summed E-state index contributed by atoms with van der Waals surface area (Å²) in [6, 6.07) is 7.51. The lowest BCUT2D eigenvalue weighted by Crippen LogP contribution is -2.32. The van der Waals surface area contributed by atoms with E-state index in [-0.39, 0.29) is 0 Å². The summed E-state index contributed by atoms with van der Waals surface area (Å²) in [6.45, 7) is 8.40. The Labute approximate surface area is 144 Å². The van der Waals surface area contributed by atoms with Gasteiger partial charge < -0.3 is 9.84 Å². The van der Waals surface area contributed by atoms with Crippen molar-refractivity contribution in [2.75, 3.05) is 26.8 Å². The molecule has 2 rings (SSSR count). The standard InChI is InChI=1S/C16H21ClN2O2.C2H6/c1-11-3-13(10-21-2)8-19(11)9-16(20)14-4-12(7-18)5-15(17)6-14;1-2/h4-6,11,13,16,20H,3,8-10H2,1-2H3;1-2H3. The molecule has 0 saturated carbocycles. The topological polar surface area (TPSA) is 56.5 Å². The number of hydrogen-bond donors (Lipinski definition) is 1. The van der Waals surface area contributed by atoms with E-state index in [1.54, 1.807) is 25.3 Å². The van der Waals surface area contributed by atoms with E-state index >= 15 is 0 Å². The lowest BCUT2D eigenvalue weighted by atomic mass is 10.1. The Morgan fingerprint density at radius 1 is 1.43 bits per heavy atom. The third kappa shape index (κ3) is 5.78. The fraction of sp³-hybridized carbons (Fsp3) is 0.611. The monoisotopic (exact) mass is 338 g/mol. The normalized spacial score (nSPS) is 22.1. The zero-order valence-corrected chi connectivity index (χ0v) is 15.2. The van der Waals surface area contributed by atoms with Gasteiger partial charge in [0.15, 0.2) is 0 Å². The highest BCUT2D eigenvalue weighted by Crippen LogP contribution is 2.27. The summed E-state index contributed by atoms with van der Waals surface area (Å²) >= 11 is 5.99. The first-order valence-electron chi connectivity index (χ1n) is 8.15. The van der Waals surface area contributed by atoms with Crippen molar-refractivity contribution in [3.05, 3.63) is 34.3 Å². The molecule has 0 amide bonds. The summed E-state index contributed by atoms with van der Waals surface area (Å²) < 4.78 is 5.22. The summed E-state index contributed by atoms with van der Waals surface area (Å²) in [7, 11) is 1.72. The van der Waals surface area contributed by atoms with Gasteiger partial charge in [-0.15, -0.1) is 0 Å². The van der Waals surface area contributed by atoms with E-state index < -0.39 is 6.10 Å². The number of aliphatic hydroxyl groups excluding tert-OH is 1. The Kier molecular flexibility index (Phi) is 8.57. The zero-order chi connectivity index (χ0) is 17.4. The van der Waals surface area contributed by atoms with Crippen LogP contribution in [0.3, 0.4) is 0 Å². The molecular formula is C18H27ClN2O2. The maximum Gasteiger partial charge on any atom is 0.0992 e. The van der Waals surface area contributed by atoms with E-state index in [1.807, 2.05) is 13.8 Å². The summed E-state index contributed by atoms with van der Waals surface area (Å²) in [5, 5.41) is 19.9. The van der Waals surface area contributed by atoms with Crippen molar-refractivity contribution in [3.8, 4) is 6.07 Å². The van der Waals surface area contributed by atoms with Crippen molar-refractivity contribution in [1.82, 2.24) is 4.90 Å². The molecule has 3 unspecified atom stereocenters. The van der Waals surface area contributed by atoms with E-state index in [1.165, 1.54) is 0 Å². The number of rotatable bonds is 5. The highest BCUT2D eigenvalue weighted by molar-refractivity contribution is 6.30. The summed E-state index contributed by atoms with van der Waals surface area (Å²) in [6.07, 6.45) is 0.444. The molecule has 0 aliphatic carbocycles. The first kappa shape index (κ1) is 19.9. The molecule has 0 spiro atoms. The Bertz CT molecular complexity index is 530. The van der Waals surface area contributed by atoms with Crippen molar-refractivity contribution < 1.29 is 9.84 Å². The first-order chi connectivity index (χ1) is 11.0. The Hall–Kier alpha value is -1.12. The average molecular weight is 339 g/mol. The van der Waals surface area contributed by atoms with Crippen LogP contribution in [0.5, 0.6) is 0 Å². The molecule has 3 atom stereocenters. The molecule has 23 heavy (non-hydrogen) atoms. The van der Waals surface area contributed by atoms with Gasteiger partial charge in [-0.3, -0.25) is 4.90 Å². The zero-order valence-electron chi connectivity index (χ0n) is 14.4. The molecule has 4 nitrogen and oxygen atoms in total. The summed E-state index contributed by atoms with van der Waals surface area (Å²) in [5.41, 5.74) is 1.17. The fourth-order valence-electron chi connectivity index (χ4n) is 3.03. The van der Waals surface area contributed by atoms with Crippen LogP contribution in [-0.2, 0) is 4.74 Å². The molecule has 1 saturated heterocycles. The van der Waals surface area contributed by atoms with Crippen LogP contribution in [0.2, 0.25) is 5.02 Å². The van der Waals surface area contributed by atoms with Crippen molar-refractivity contribution in [3.63, 3.8) is 0 Å². The number of aliphatic hydroxyl groups is 1. The van der Waals surface area contributed by atoms with Gasteiger partial charge in [-0.25, -0.2) is 0 Å². The number of halogens is 1. The third-order valence-electron chi connectivity index (χ3n) is 4.03. The number of β-amino-alcohol motifs (C(OH)–C–C–N with tert-alkyl or cyclic N) is 1. The highest BCUT2D eigenvalue weighted by Gasteiger charge is 2.30. The predicted octanol–water partition coefficient (Wildman–Crippen LogP) is 3.63. The van der Waals surface area contributed by atoms with E-state index in [4.69, 9.17) is 21.6 Å². The molecule has 5 heteroatoms. The summed E-state index contributed by atoms with van der Waals surface area (Å²) in [5.74, 6) is 0.520. The Morgan fingerprint density at radius 2 is 2.13 bits per heavy atom. The van der Waals surface area contributed by atoms with Crippen LogP contribution < -0.4 is 0 Å². The van der Waals surface area contributed by atoms with E-state index in [2.05, 4.69) is 17.9 Å². The van der Waals surface area contributed by atoms with Gasteiger partial charge in [0.1, 0.15) is 0 Å². The third-order valence-corrected chi connectivity index (χ3v) is 4.25. The van der Waals surface area contributed by atoms with E-state index in [9.17, 15) is 5.11 Å². The van der Waals surface area contributed by atoms with Crippen LogP contribution in [0.15, 0.2) is 18.2 Å². The Morgan fingerprint density at radius 3 is 2.74 bits per heavy atom. The van der Waals surface area contributed by atoms with Gasteiger partial charge >= 0.3 is 0 Å². The highest BCUT2D eigenvalue weighted by atomic mass is 35.5. The molecule has 1 aromatic rings. The van der Waals surface area contributed by atoms with Crippen LogP contribution in [0.1, 0.15) is 44.4 Å². The second-order valence-electron chi connectivity index (χ2n) is 5.76. The SMILES string of the molecule is CC.COCC1CC(C)N(CC(O)c2cc(Cl)cc(C#N)c2)C1. The minimum atomic E-state index is -0.639. The molecule has 1 aliphatic rings. The number of nitrogens with zero attached hydrogens (tertiary/aromatic N) is 2. The van der Waals surface area contributed by atoms with Gasteiger partial charge in [0.25, 0.3) is 0 Å². The molecule has 0 radical (unpaired) electrons. The molecule has 1 aromatic carbocycles. The quantitative estimate of drug-likeness (QED) is 0.890. The lowest BCUT2D eigenvalue weighted by molar-refractivity contribution is 0.103. The minimum Gasteiger partial charge on any atom is -0.387 e. The second-order valence-corrected chi connectivity index (χ2v) is 6.20. The van der Waals surface area contributed by atoms with Gasteiger partial charge in [0, 0.05) is 31.3 Å². The van der Waals surface area contributed by atoms with Crippen molar-refractivity contribution in [1.29, 1.82) is 5.26 Å². The molecule has 1 N–H and O–H groups in total. The molecule has 1 heterocycles. The van der Waals surface area contributed by atoms with Gasteiger partial charge in [-0.05, 0) is 43.0 Å². The van der Waals surface area contributed by atoms with Crippen LogP contribution in [0, 0.1) is 17.2 Å². The van der Waals surface area contributed by atoms with Crippen molar-refractivity contribution in [2.45, 2.75) is 39.3 Å². The number of benzene rings is 1. The fourth-order valence-corrected chi connectivity index (χ4v) is 3.27.